The Kier molecular flexibility index (Phi) is 5.37. The molecule has 1 aromatic rings. The van der Waals surface area contributed by atoms with Crippen LogP contribution in [0.5, 0.6) is 0 Å². The zero-order chi connectivity index (χ0) is 15.1. The van der Waals surface area contributed by atoms with Crippen molar-refractivity contribution in [2.75, 3.05) is 14.1 Å². The summed E-state index contributed by atoms with van der Waals surface area (Å²) in [5.74, 6) is 0.736. The first-order valence-electron chi connectivity index (χ1n) is 7.16. The van der Waals surface area contributed by atoms with Gasteiger partial charge in [-0.25, -0.2) is 0 Å². The highest BCUT2D eigenvalue weighted by atomic mass is 16.1. The predicted octanol–water partition coefficient (Wildman–Crippen LogP) is 1.43. The number of aliphatic imine (C=N–C) groups is 1. The monoisotopic (exact) mass is 286 g/mol. The molecule has 3 N–H and O–H groups in total. The summed E-state index contributed by atoms with van der Waals surface area (Å²) in [5.41, 5.74) is 1.77. The number of hydrogen-bond acceptors (Lipinski definition) is 2. The maximum absolute atomic E-state index is 11.5. The van der Waals surface area contributed by atoms with Crippen molar-refractivity contribution < 1.29 is 4.79 Å². The van der Waals surface area contributed by atoms with E-state index in [1.807, 2.05) is 24.3 Å². The van der Waals surface area contributed by atoms with Gasteiger partial charge in [-0.3, -0.25) is 9.79 Å². The molecule has 0 saturated heterocycles. The van der Waals surface area contributed by atoms with Gasteiger partial charge in [0.2, 0.25) is 0 Å². The minimum atomic E-state index is -0.0688. The van der Waals surface area contributed by atoms with E-state index in [0.29, 0.717) is 18.2 Å². The van der Waals surface area contributed by atoms with Crippen LogP contribution in [-0.4, -0.2) is 32.0 Å². The summed E-state index contributed by atoms with van der Waals surface area (Å²) in [7, 11) is 3.40. The van der Waals surface area contributed by atoms with Crippen molar-refractivity contribution in [3.05, 3.63) is 47.5 Å². The smallest absolute Gasteiger partial charge is 0.251 e. The van der Waals surface area contributed by atoms with Crippen LogP contribution in [0, 0.1) is 0 Å². The minimum absolute atomic E-state index is 0.0688. The van der Waals surface area contributed by atoms with Gasteiger partial charge in [0, 0.05) is 32.2 Å². The van der Waals surface area contributed by atoms with Crippen LogP contribution in [0.25, 0.3) is 0 Å². The van der Waals surface area contributed by atoms with Crippen molar-refractivity contribution in [3.8, 4) is 0 Å². The molecule has 5 nitrogen and oxygen atoms in total. The van der Waals surface area contributed by atoms with Crippen LogP contribution in [0.15, 0.2) is 41.4 Å². The summed E-state index contributed by atoms with van der Waals surface area (Å²) in [4.78, 5) is 15.7. The number of hydrogen-bond donors (Lipinski definition) is 3. The van der Waals surface area contributed by atoms with Gasteiger partial charge in [0.05, 0.1) is 0 Å². The molecule has 0 heterocycles. The molecule has 1 aromatic carbocycles. The summed E-state index contributed by atoms with van der Waals surface area (Å²) < 4.78 is 0. The fraction of sp³-hybridized carbons (Fsp3) is 0.375. The van der Waals surface area contributed by atoms with Gasteiger partial charge in [0.25, 0.3) is 5.91 Å². The molecule has 1 amide bonds. The molecule has 0 atom stereocenters. The molecule has 0 aliphatic heterocycles. The maximum Gasteiger partial charge on any atom is 0.251 e. The van der Waals surface area contributed by atoms with Crippen LogP contribution in [0.2, 0.25) is 0 Å². The summed E-state index contributed by atoms with van der Waals surface area (Å²) in [5, 5.41) is 9.28. The number of carbonyl (C=O) groups is 1. The van der Waals surface area contributed by atoms with Gasteiger partial charge in [-0.1, -0.05) is 24.3 Å². The van der Waals surface area contributed by atoms with E-state index < -0.39 is 0 Å². The van der Waals surface area contributed by atoms with E-state index in [2.05, 4.69) is 33.1 Å². The van der Waals surface area contributed by atoms with E-state index in [0.717, 1.165) is 24.4 Å². The molecule has 21 heavy (non-hydrogen) atoms. The van der Waals surface area contributed by atoms with Crippen molar-refractivity contribution in [3.63, 3.8) is 0 Å². The third kappa shape index (κ3) is 4.34. The molecule has 0 unspecified atom stereocenters. The predicted molar refractivity (Wildman–Crippen MR) is 85.3 cm³/mol. The molecule has 0 saturated carbocycles. The van der Waals surface area contributed by atoms with Crippen LogP contribution in [0.3, 0.4) is 0 Å². The normalized spacial score (nSPS) is 15.0. The lowest BCUT2D eigenvalue weighted by atomic mass is 10.1. The van der Waals surface area contributed by atoms with Gasteiger partial charge in [0.1, 0.15) is 0 Å². The Morgan fingerprint density at radius 3 is 2.48 bits per heavy atom. The Bertz CT molecular complexity index is 526. The average molecular weight is 286 g/mol. The number of guanidine groups is 1. The quantitative estimate of drug-likeness (QED) is 0.446. The number of nitrogens with zero attached hydrogens (tertiary/aromatic N) is 1. The molecular weight excluding hydrogens is 264 g/mol. The van der Waals surface area contributed by atoms with E-state index in [4.69, 9.17) is 0 Å². The van der Waals surface area contributed by atoms with Crippen molar-refractivity contribution in [2.45, 2.75) is 25.4 Å². The second-order valence-corrected chi connectivity index (χ2v) is 4.99. The topological polar surface area (TPSA) is 65.5 Å². The standard InChI is InChI=1S/C16H22N4O/c1-17-15(21)13-9-7-12(8-10-13)11-19-16(18-2)20-14-5-3-4-6-14/h3-4,7-10,14H,5-6,11H2,1-2H3,(H,17,21)(H2,18,19,20). The first-order chi connectivity index (χ1) is 10.2. The van der Waals surface area contributed by atoms with E-state index in [1.54, 1.807) is 14.1 Å². The number of benzene rings is 1. The van der Waals surface area contributed by atoms with E-state index >= 15 is 0 Å². The van der Waals surface area contributed by atoms with Crippen molar-refractivity contribution >= 4 is 11.9 Å². The lowest BCUT2D eigenvalue weighted by molar-refractivity contribution is 0.0963. The Morgan fingerprint density at radius 2 is 1.90 bits per heavy atom. The zero-order valence-corrected chi connectivity index (χ0v) is 12.5. The summed E-state index contributed by atoms with van der Waals surface area (Å²) in [6.45, 7) is 0.674. The second-order valence-electron chi connectivity index (χ2n) is 4.99. The summed E-state index contributed by atoms with van der Waals surface area (Å²) in [6.07, 6.45) is 6.45. The Balaban J connectivity index is 1.84. The highest BCUT2D eigenvalue weighted by Crippen LogP contribution is 2.09. The number of nitrogens with one attached hydrogen (secondary N) is 3. The van der Waals surface area contributed by atoms with E-state index in [-0.39, 0.29) is 5.91 Å². The first-order valence-corrected chi connectivity index (χ1v) is 7.16. The summed E-state index contributed by atoms with van der Waals surface area (Å²) >= 11 is 0. The molecule has 1 aliphatic rings. The zero-order valence-electron chi connectivity index (χ0n) is 12.5. The molecule has 0 aromatic heterocycles. The van der Waals surface area contributed by atoms with Crippen molar-refractivity contribution in [1.82, 2.24) is 16.0 Å². The van der Waals surface area contributed by atoms with Crippen LogP contribution < -0.4 is 16.0 Å². The molecule has 0 bridgehead atoms. The highest BCUT2D eigenvalue weighted by molar-refractivity contribution is 5.93. The Hall–Kier alpha value is -2.30. The van der Waals surface area contributed by atoms with Crippen LogP contribution in [0.1, 0.15) is 28.8 Å². The SMILES string of the molecule is CN=C(NCc1ccc(C(=O)NC)cc1)NC1CC=CC1. The largest absolute Gasteiger partial charge is 0.355 e. The van der Waals surface area contributed by atoms with Crippen molar-refractivity contribution in [1.29, 1.82) is 0 Å². The number of amides is 1. The lowest BCUT2D eigenvalue weighted by Gasteiger charge is -2.17. The Labute approximate surface area is 125 Å². The third-order valence-electron chi connectivity index (χ3n) is 3.48. The second kappa shape index (κ2) is 7.47. The first kappa shape index (κ1) is 15.1. The van der Waals surface area contributed by atoms with Crippen LogP contribution in [0.4, 0.5) is 0 Å². The lowest BCUT2D eigenvalue weighted by Crippen LogP contribution is -2.42. The molecule has 0 fully saturated rings. The highest BCUT2D eigenvalue weighted by Gasteiger charge is 2.11. The van der Waals surface area contributed by atoms with Gasteiger partial charge in [-0.15, -0.1) is 0 Å². The molecule has 112 valence electrons. The number of carbonyl (C=O) groups excluding carboxylic acids is 1. The van der Waals surface area contributed by atoms with Crippen molar-refractivity contribution in [2.24, 2.45) is 4.99 Å². The molecule has 0 spiro atoms. The Morgan fingerprint density at radius 1 is 1.24 bits per heavy atom. The van der Waals surface area contributed by atoms with Crippen LogP contribution in [-0.2, 0) is 6.54 Å². The third-order valence-corrected chi connectivity index (χ3v) is 3.48. The maximum atomic E-state index is 11.5. The van der Waals surface area contributed by atoms with E-state index in [9.17, 15) is 4.79 Å². The molecule has 2 rings (SSSR count). The van der Waals surface area contributed by atoms with Crippen LogP contribution >= 0.6 is 0 Å². The molecular formula is C16H22N4O. The van der Waals surface area contributed by atoms with Gasteiger partial charge in [-0.2, -0.15) is 0 Å². The van der Waals surface area contributed by atoms with E-state index in [1.165, 1.54) is 0 Å². The van der Waals surface area contributed by atoms with Gasteiger partial charge in [0.15, 0.2) is 5.96 Å². The van der Waals surface area contributed by atoms with Gasteiger partial charge < -0.3 is 16.0 Å². The average Bonchev–Trinajstić information content (AvgIpc) is 3.04. The molecule has 0 radical (unpaired) electrons. The fourth-order valence-electron chi connectivity index (χ4n) is 2.23. The minimum Gasteiger partial charge on any atom is -0.355 e. The number of rotatable bonds is 4. The molecule has 1 aliphatic carbocycles. The van der Waals surface area contributed by atoms with Gasteiger partial charge in [-0.05, 0) is 30.5 Å². The molecule has 5 heteroatoms. The fourth-order valence-corrected chi connectivity index (χ4v) is 2.23. The van der Waals surface area contributed by atoms with Gasteiger partial charge >= 0.3 is 0 Å². The summed E-state index contributed by atoms with van der Waals surface area (Å²) in [6, 6.07) is 7.98.